The minimum absolute atomic E-state index is 0.0916. The molecule has 2 rings (SSSR count). The van der Waals surface area contributed by atoms with Crippen LogP contribution in [0.5, 0.6) is 17.2 Å². The van der Waals surface area contributed by atoms with Crippen molar-refractivity contribution in [3.63, 3.8) is 0 Å². The fourth-order valence-corrected chi connectivity index (χ4v) is 1.74. The lowest BCUT2D eigenvalue weighted by Gasteiger charge is -2.07. The zero-order valence-corrected chi connectivity index (χ0v) is 11.7. The Morgan fingerprint density at radius 2 is 1.58 bits per heavy atom. The molecule has 0 aliphatic heterocycles. The maximum absolute atomic E-state index is 9.21. The summed E-state index contributed by atoms with van der Waals surface area (Å²) in [5.41, 5.74) is 0. The molecule has 0 aliphatic rings. The topological polar surface area (TPSA) is 64.5 Å². The minimum Gasteiger partial charge on any atom is -0.506 e. The molecule has 0 spiro atoms. The van der Waals surface area contributed by atoms with Gasteiger partial charge in [-0.15, -0.1) is 0 Å². The standard InChI is InChI=1S/C13H13BrN2O3/c14-10-4-12(8-15-6-10)18-2-1-3-19-13-5-11(17)7-16-9-13/h4-9,17H,1-3H2. The first-order valence-corrected chi connectivity index (χ1v) is 6.53. The highest BCUT2D eigenvalue weighted by atomic mass is 79.9. The number of hydrogen-bond acceptors (Lipinski definition) is 5. The van der Waals surface area contributed by atoms with Gasteiger partial charge < -0.3 is 14.6 Å². The summed E-state index contributed by atoms with van der Waals surface area (Å²) >= 11 is 3.32. The number of halogens is 1. The van der Waals surface area contributed by atoms with Crippen LogP contribution in [0.15, 0.2) is 41.4 Å². The number of rotatable bonds is 6. The molecule has 0 radical (unpaired) electrons. The van der Waals surface area contributed by atoms with E-state index in [1.807, 2.05) is 6.07 Å². The highest BCUT2D eigenvalue weighted by Crippen LogP contribution is 2.17. The van der Waals surface area contributed by atoms with Crippen LogP contribution in [0.2, 0.25) is 0 Å². The Bertz CT molecular complexity index is 489. The number of pyridine rings is 2. The van der Waals surface area contributed by atoms with Crippen molar-refractivity contribution in [2.45, 2.75) is 6.42 Å². The van der Waals surface area contributed by atoms with Crippen molar-refractivity contribution in [1.82, 2.24) is 9.97 Å². The molecule has 0 aliphatic carbocycles. The van der Waals surface area contributed by atoms with E-state index in [2.05, 4.69) is 25.9 Å². The van der Waals surface area contributed by atoms with E-state index in [1.165, 1.54) is 12.3 Å². The maximum atomic E-state index is 9.21. The molecule has 0 saturated carbocycles. The minimum atomic E-state index is 0.0916. The van der Waals surface area contributed by atoms with Gasteiger partial charge in [-0.05, 0) is 22.0 Å². The summed E-state index contributed by atoms with van der Waals surface area (Å²) in [7, 11) is 0. The molecule has 1 N–H and O–H groups in total. The molecule has 0 aromatic carbocycles. The van der Waals surface area contributed by atoms with Crippen LogP contribution in [0.3, 0.4) is 0 Å². The molecule has 0 atom stereocenters. The number of hydrogen-bond donors (Lipinski definition) is 1. The van der Waals surface area contributed by atoms with Gasteiger partial charge >= 0.3 is 0 Å². The summed E-state index contributed by atoms with van der Waals surface area (Å²) in [4.78, 5) is 7.82. The zero-order chi connectivity index (χ0) is 13.5. The van der Waals surface area contributed by atoms with E-state index >= 15 is 0 Å². The van der Waals surface area contributed by atoms with Crippen LogP contribution < -0.4 is 9.47 Å². The zero-order valence-electron chi connectivity index (χ0n) is 10.1. The molecule has 0 fully saturated rings. The van der Waals surface area contributed by atoms with Crippen molar-refractivity contribution in [3.05, 3.63) is 41.4 Å². The lowest BCUT2D eigenvalue weighted by molar-refractivity contribution is 0.246. The van der Waals surface area contributed by atoms with Crippen molar-refractivity contribution < 1.29 is 14.6 Å². The quantitative estimate of drug-likeness (QED) is 0.828. The molecule has 6 heteroatoms. The molecule has 0 saturated heterocycles. The smallest absolute Gasteiger partial charge is 0.141 e. The highest BCUT2D eigenvalue weighted by molar-refractivity contribution is 9.10. The Morgan fingerprint density at radius 3 is 2.21 bits per heavy atom. The lowest BCUT2D eigenvalue weighted by atomic mass is 10.4. The van der Waals surface area contributed by atoms with Crippen LogP contribution in [-0.2, 0) is 0 Å². The average Bonchev–Trinajstić information content (AvgIpc) is 2.38. The van der Waals surface area contributed by atoms with Crippen molar-refractivity contribution in [2.24, 2.45) is 0 Å². The molecular weight excluding hydrogens is 312 g/mol. The van der Waals surface area contributed by atoms with Gasteiger partial charge in [0, 0.05) is 23.2 Å². The second-order valence-electron chi connectivity index (χ2n) is 3.77. The van der Waals surface area contributed by atoms with Crippen molar-refractivity contribution in [1.29, 1.82) is 0 Å². The van der Waals surface area contributed by atoms with Crippen LogP contribution in [0.4, 0.5) is 0 Å². The maximum Gasteiger partial charge on any atom is 0.141 e. The van der Waals surface area contributed by atoms with Gasteiger partial charge in [-0.3, -0.25) is 9.97 Å². The second kappa shape index (κ2) is 6.94. The van der Waals surface area contributed by atoms with Gasteiger partial charge in [0.2, 0.25) is 0 Å². The number of ether oxygens (including phenoxy) is 2. The van der Waals surface area contributed by atoms with Crippen LogP contribution in [0.1, 0.15) is 6.42 Å². The molecule has 100 valence electrons. The largest absolute Gasteiger partial charge is 0.506 e. The molecule has 0 bridgehead atoms. The fraction of sp³-hybridized carbons (Fsp3) is 0.231. The SMILES string of the molecule is Oc1cncc(OCCCOc2cncc(Br)c2)c1. The van der Waals surface area contributed by atoms with E-state index in [4.69, 9.17) is 9.47 Å². The van der Waals surface area contributed by atoms with E-state index in [9.17, 15) is 5.11 Å². The molecule has 0 unspecified atom stereocenters. The van der Waals surface area contributed by atoms with Crippen molar-refractivity contribution in [2.75, 3.05) is 13.2 Å². The summed E-state index contributed by atoms with van der Waals surface area (Å²) in [6.07, 6.45) is 6.99. The van der Waals surface area contributed by atoms with E-state index in [1.54, 1.807) is 18.6 Å². The molecule has 2 aromatic rings. The summed E-state index contributed by atoms with van der Waals surface area (Å²) < 4.78 is 11.8. The van der Waals surface area contributed by atoms with Gasteiger partial charge in [0.15, 0.2) is 0 Å². The summed E-state index contributed by atoms with van der Waals surface area (Å²) in [5, 5.41) is 9.21. The van der Waals surface area contributed by atoms with Crippen LogP contribution >= 0.6 is 15.9 Å². The summed E-state index contributed by atoms with van der Waals surface area (Å²) in [6.45, 7) is 1.02. The predicted octanol–water partition coefficient (Wildman–Crippen LogP) is 2.79. The van der Waals surface area contributed by atoms with E-state index < -0.39 is 0 Å². The van der Waals surface area contributed by atoms with Crippen molar-refractivity contribution in [3.8, 4) is 17.2 Å². The monoisotopic (exact) mass is 324 g/mol. The normalized spacial score (nSPS) is 10.2. The Labute approximate surface area is 119 Å². The molecular formula is C13H13BrN2O3. The number of aromatic hydroxyl groups is 1. The Morgan fingerprint density at radius 1 is 0.947 bits per heavy atom. The Hall–Kier alpha value is -1.82. The van der Waals surface area contributed by atoms with Gasteiger partial charge in [0.25, 0.3) is 0 Å². The molecule has 19 heavy (non-hydrogen) atoms. The summed E-state index contributed by atoms with van der Waals surface area (Å²) in [6, 6.07) is 3.37. The first-order chi connectivity index (χ1) is 9.24. The molecule has 2 aromatic heterocycles. The third-order valence-corrected chi connectivity index (χ3v) is 2.64. The van der Waals surface area contributed by atoms with Gasteiger partial charge in [-0.1, -0.05) is 0 Å². The van der Waals surface area contributed by atoms with Gasteiger partial charge in [0.1, 0.15) is 17.2 Å². The summed E-state index contributed by atoms with van der Waals surface area (Å²) in [5.74, 6) is 1.35. The molecule has 0 amide bonds. The Kier molecular flexibility index (Phi) is 4.97. The average molecular weight is 325 g/mol. The predicted molar refractivity (Wildman–Crippen MR) is 73.4 cm³/mol. The molecule has 2 heterocycles. The third kappa shape index (κ3) is 4.75. The Balaban J connectivity index is 1.67. The van der Waals surface area contributed by atoms with Gasteiger partial charge in [0.05, 0.1) is 31.8 Å². The molecule has 5 nitrogen and oxygen atoms in total. The van der Waals surface area contributed by atoms with E-state index in [0.717, 1.165) is 10.9 Å². The van der Waals surface area contributed by atoms with Crippen LogP contribution in [0, 0.1) is 0 Å². The fourth-order valence-electron chi connectivity index (χ4n) is 1.40. The van der Waals surface area contributed by atoms with E-state index in [-0.39, 0.29) is 5.75 Å². The first-order valence-electron chi connectivity index (χ1n) is 5.74. The highest BCUT2D eigenvalue weighted by Gasteiger charge is 1.98. The second-order valence-corrected chi connectivity index (χ2v) is 4.68. The van der Waals surface area contributed by atoms with Crippen LogP contribution in [-0.4, -0.2) is 28.3 Å². The van der Waals surface area contributed by atoms with Crippen LogP contribution in [0.25, 0.3) is 0 Å². The van der Waals surface area contributed by atoms with Gasteiger partial charge in [-0.2, -0.15) is 0 Å². The third-order valence-electron chi connectivity index (χ3n) is 2.20. The number of aromatic nitrogens is 2. The van der Waals surface area contributed by atoms with Gasteiger partial charge in [-0.25, -0.2) is 0 Å². The number of nitrogens with zero attached hydrogens (tertiary/aromatic N) is 2. The first kappa shape index (κ1) is 13.6. The van der Waals surface area contributed by atoms with E-state index in [0.29, 0.717) is 24.7 Å². The lowest BCUT2D eigenvalue weighted by Crippen LogP contribution is -2.05. The van der Waals surface area contributed by atoms with Crippen molar-refractivity contribution >= 4 is 15.9 Å².